The van der Waals surface area contributed by atoms with Crippen molar-refractivity contribution in [3.8, 4) is 0 Å². The van der Waals surface area contributed by atoms with Gasteiger partial charge in [-0.25, -0.2) is 0 Å². The summed E-state index contributed by atoms with van der Waals surface area (Å²) >= 11 is 0. The van der Waals surface area contributed by atoms with Crippen molar-refractivity contribution in [1.82, 2.24) is 20.5 Å². The van der Waals surface area contributed by atoms with Crippen molar-refractivity contribution in [3.63, 3.8) is 0 Å². The van der Waals surface area contributed by atoms with Gasteiger partial charge >= 0.3 is 0 Å². The molecule has 0 saturated carbocycles. The van der Waals surface area contributed by atoms with E-state index < -0.39 is 6.04 Å². The summed E-state index contributed by atoms with van der Waals surface area (Å²) in [6.45, 7) is 6.47. The van der Waals surface area contributed by atoms with Crippen LogP contribution < -0.4 is 10.6 Å². The van der Waals surface area contributed by atoms with Crippen LogP contribution in [0, 0.1) is 13.8 Å². The minimum Gasteiger partial charge on any atom is -0.353 e. The van der Waals surface area contributed by atoms with Gasteiger partial charge in [-0.2, -0.15) is 0 Å². The van der Waals surface area contributed by atoms with Crippen LogP contribution in [0.2, 0.25) is 0 Å². The number of rotatable bonds is 6. The van der Waals surface area contributed by atoms with Crippen LogP contribution in [0.3, 0.4) is 0 Å². The molecule has 142 valence electrons. The minimum atomic E-state index is -0.461. The van der Waals surface area contributed by atoms with Crippen LogP contribution in [0.5, 0.6) is 0 Å². The van der Waals surface area contributed by atoms with Crippen molar-refractivity contribution >= 4 is 11.8 Å². The molecular formula is C21H26N4O2. The Bertz CT molecular complexity index is 807. The Morgan fingerprint density at radius 2 is 2.19 bits per heavy atom. The molecule has 2 N–H and O–H groups in total. The third-order valence-electron chi connectivity index (χ3n) is 4.91. The van der Waals surface area contributed by atoms with Crippen molar-refractivity contribution in [1.29, 1.82) is 0 Å². The number of amides is 2. The molecule has 3 rings (SSSR count). The highest BCUT2D eigenvalue weighted by Crippen LogP contribution is 2.14. The van der Waals surface area contributed by atoms with E-state index in [9.17, 15) is 9.59 Å². The smallest absolute Gasteiger partial charge is 0.237 e. The highest BCUT2D eigenvalue weighted by Gasteiger charge is 2.31. The van der Waals surface area contributed by atoms with E-state index in [0.29, 0.717) is 19.6 Å². The van der Waals surface area contributed by atoms with Crippen LogP contribution in [0.1, 0.15) is 28.7 Å². The van der Waals surface area contributed by atoms with Gasteiger partial charge in [-0.1, -0.05) is 29.8 Å². The number of piperazine rings is 1. The second kappa shape index (κ2) is 8.77. The molecule has 0 bridgehead atoms. The maximum absolute atomic E-state index is 12.5. The van der Waals surface area contributed by atoms with Crippen LogP contribution in [0.25, 0.3) is 0 Å². The molecule has 1 unspecified atom stereocenters. The van der Waals surface area contributed by atoms with Gasteiger partial charge in [-0.3, -0.25) is 19.5 Å². The summed E-state index contributed by atoms with van der Waals surface area (Å²) in [6.07, 6.45) is 3.67. The monoisotopic (exact) mass is 366 g/mol. The van der Waals surface area contributed by atoms with Gasteiger partial charge in [0.1, 0.15) is 0 Å². The molecular weight excluding hydrogens is 340 g/mol. The average Bonchev–Trinajstić information content (AvgIpc) is 2.66. The predicted molar refractivity (Wildman–Crippen MR) is 104 cm³/mol. The number of hydrogen-bond acceptors (Lipinski definition) is 4. The maximum atomic E-state index is 12.5. The first-order valence-electron chi connectivity index (χ1n) is 9.26. The topological polar surface area (TPSA) is 74.3 Å². The minimum absolute atomic E-state index is 0.0907. The molecule has 6 heteroatoms. The molecule has 2 heterocycles. The normalized spacial score (nSPS) is 17.4. The van der Waals surface area contributed by atoms with E-state index >= 15 is 0 Å². The maximum Gasteiger partial charge on any atom is 0.237 e. The Morgan fingerprint density at radius 1 is 1.33 bits per heavy atom. The van der Waals surface area contributed by atoms with Crippen molar-refractivity contribution in [2.45, 2.75) is 39.4 Å². The molecule has 1 atom stereocenters. The quantitative estimate of drug-likeness (QED) is 0.816. The molecule has 1 fully saturated rings. The van der Waals surface area contributed by atoms with Gasteiger partial charge in [-0.15, -0.1) is 0 Å². The first kappa shape index (κ1) is 19.0. The van der Waals surface area contributed by atoms with Crippen LogP contribution in [-0.4, -0.2) is 40.8 Å². The molecule has 6 nitrogen and oxygen atoms in total. The summed E-state index contributed by atoms with van der Waals surface area (Å²) in [4.78, 5) is 31.0. The number of carbonyl (C=O) groups excluding carboxylic acids is 2. The highest BCUT2D eigenvalue weighted by atomic mass is 16.2. The van der Waals surface area contributed by atoms with Crippen molar-refractivity contribution < 1.29 is 9.59 Å². The fourth-order valence-corrected chi connectivity index (χ4v) is 3.33. The molecule has 1 saturated heterocycles. The van der Waals surface area contributed by atoms with E-state index in [1.807, 2.05) is 30.9 Å². The van der Waals surface area contributed by atoms with Gasteiger partial charge in [0.05, 0.1) is 12.5 Å². The second-order valence-electron chi connectivity index (χ2n) is 7.05. The van der Waals surface area contributed by atoms with E-state index in [1.165, 1.54) is 5.56 Å². The van der Waals surface area contributed by atoms with E-state index in [-0.39, 0.29) is 18.2 Å². The zero-order chi connectivity index (χ0) is 19.2. The SMILES string of the molecule is Cc1ccc(C)c(CNC(=O)CC2C(=O)NCCN2Cc2cccnc2)c1. The van der Waals surface area contributed by atoms with Gasteiger partial charge in [0, 0.05) is 38.6 Å². The lowest BCUT2D eigenvalue weighted by atomic mass is 10.0. The van der Waals surface area contributed by atoms with Gasteiger partial charge in [-0.05, 0) is 36.6 Å². The summed E-state index contributed by atoms with van der Waals surface area (Å²) in [5.41, 5.74) is 4.45. The van der Waals surface area contributed by atoms with Gasteiger partial charge in [0.25, 0.3) is 0 Å². The van der Waals surface area contributed by atoms with E-state index in [0.717, 1.165) is 23.2 Å². The van der Waals surface area contributed by atoms with E-state index in [1.54, 1.807) is 12.4 Å². The standard InChI is InChI=1S/C21H26N4O2/c1-15-5-6-16(2)18(10-15)13-24-20(26)11-19-21(27)23-8-9-25(19)14-17-4-3-7-22-12-17/h3-7,10,12,19H,8-9,11,13-14H2,1-2H3,(H,23,27)(H,24,26). The molecule has 27 heavy (non-hydrogen) atoms. The Balaban J connectivity index is 1.61. The molecule has 1 aliphatic heterocycles. The third kappa shape index (κ3) is 5.14. The summed E-state index contributed by atoms with van der Waals surface area (Å²) in [7, 11) is 0. The summed E-state index contributed by atoms with van der Waals surface area (Å²) in [5.74, 6) is -0.207. The Hall–Kier alpha value is -2.73. The van der Waals surface area contributed by atoms with Crippen LogP contribution >= 0.6 is 0 Å². The number of benzene rings is 1. The number of hydrogen-bond donors (Lipinski definition) is 2. The number of nitrogens with one attached hydrogen (secondary N) is 2. The van der Waals surface area contributed by atoms with Gasteiger partial charge in [0.2, 0.25) is 11.8 Å². The lowest BCUT2D eigenvalue weighted by Gasteiger charge is -2.34. The van der Waals surface area contributed by atoms with Crippen molar-refractivity contribution in [2.24, 2.45) is 0 Å². The molecule has 0 aliphatic carbocycles. The van der Waals surface area contributed by atoms with Crippen molar-refractivity contribution in [2.75, 3.05) is 13.1 Å². The first-order valence-corrected chi connectivity index (χ1v) is 9.26. The third-order valence-corrected chi connectivity index (χ3v) is 4.91. The van der Waals surface area contributed by atoms with Crippen LogP contribution in [-0.2, 0) is 22.7 Å². The zero-order valence-electron chi connectivity index (χ0n) is 15.9. The summed E-state index contributed by atoms with van der Waals surface area (Å²) in [5, 5.41) is 5.83. The fraction of sp³-hybridized carbons (Fsp3) is 0.381. The first-order chi connectivity index (χ1) is 13.0. The predicted octanol–water partition coefficient (Wildman–Crippen LogP) is 1.71. The average molecular weight is 366 g/mol. The summed E-state index contributed by atoms with van der Waals surface area (Å²) < 4.78 is 0. The van der Waals surface area contributed by atoms with Crippen LogP contribution in [0.15, 0.2) is 42.7 Å². The summed E-state index contributed by atoms with van der Waals surface area (Å²) in [6, 6.07) is 9.60. The molecule has 1 aromatic carbocycles. The van der Waals surface area contributed by atoms with Gasteiger partial charge in [0.15, 0.2) is 0 Å². The Morgan fingerprint density at radius 3 is 2.96 bits per heavy atom. The van der Waals surface area contributed by atoms with Crippen molar-refractivity contribution in [3.05, 3.63) is 65.0 Å². The molecule has 1 aliphatic rings. The largest absolute Gasteiger partial charge is 0.353 e. The highest BCUT2D eigenvalue weighted by molar-refractivity contribution is 5.88. The molecule has 0 radical (unpaired) electrons. The van der Waals surface area contributed by atoms with Gasteiger partial charge < -0.3 is 10.6 Å². The number of pyridine rings is 1. The lowest BCUT2D eigenvalue weighted by molar-refractivity contribution is -0.134. The number of carbonyl (C=O) groups is 2. The zero-order valence-corrected chi connectivity index (χ0v) is 15.9. The lowest BCUT2D eigenvalue weighted by Crippen LogP contribution is -2.56. The van der Waals surface area contributed by atoms with E-state index in [4.69, 9.17) is 0 Å². The van der Waals surface area contributed by atoms with E-state index in [2.05, 4.69) is 33.8 Å². The molecule has 0 spiro atoms. The van der Waals surface area contributed by atoms with Crippen LogP contribution in [0.4, 0.5) is 0 Å². The number of aromatic nitrogens is 1. The molecule has 1 aromatic heterocycles. The Kier molecular flexibility index (Phi) is 6.19. The fourth-order valence-electron chi connectivity index (χ4n) is 3.33. The second-order valence-corrected chi connectivity index (χ2v) is 7.05. The molecule has 2 aromatic rings. The number of nitrogens with zero attached hydrogens (tertiary/aromatic N) is 2. The number of aryl methyl sites for hydroxylation is 2. The Labute approximate surface area is 160 Å². The molecule has 2 amide bonds.